The Balaban J connectivity index is 1.18. The predicted molar refractivity (Wildman–Crippen MR) is 134 cm³/mol. The fourth-order valence-corrected chi connectivity index (χ4v) is 5.33. The number of nitrogens with one attached hydrogen (secondary N) is 4. The van der Waals surface area contributed by atoms with Crippen LogP contribution in [0.5, 0.6) is 0 Å². The second-order valence-corrected chi connectivity index (χ2v) is 9.47. The van der Waals surface area contributed by atoms with Crippen molar-refractivity contribution in [2.45, 2.75) is 37.8 Å². The zero-order valence-corrected chi connectivity index (χ0v) is 18.9. The number of aromatic nitrogens is 5. The second-order valence-electron chi connectivity index (χ2n) is 9.47. The first-order valence-corrected chi connectivity index (χ1v) is 12.2. The molecule has 2 aliphatic rings. The molecule has 2 unspecified atom stereocenters. The average Bonchev–Trinajstić information content (AvgIpc) is 3.69. The SMILES string of the molecule is c1cc2cc(-c3cnc(C4CCCN4)[nH]3)ccc2cc1-c1cnc2nc(C3CCCN3)[nH]c2c1. The second kappa shape index (κ2) is 8.04. The molecule has 0 spiro atoms. The molecule has 0 saturated carbocycles. The number of fused-ring (bicyclic) bond motifs is 2. The summed E-state index contributed by atoms with van der Waals surface area (Å²) >= 11 is 0. The van der Waals surface area contributed by atoms with E-state index in [4.69, 9.17) is 4.98 Å². The lowest BCUT2D eigenvalue weighted by atomic mass is 10.00. The van der Waals surface area contributed by atoms with E-state index < -0.39 is 0 Å². The molecule has 0 radical (unpaired) electrons. The van der Waals surface area contributed by atoms with Gasteiger partial charge in [0.05, 0.1) is 29.5 Å². The van der Waals surface area contributed by atoms with Gasteiger partial charge < -0.3 is 20.6 Å². The van der Waals surface area contributed by atoms with Crippen molar-refractivity contribution in [2.75, 3.05) is 13.1 Å². The van der Waals surface area contributed by atoms with E-state index in [9.17, 15) is 0 Å². The van der Waals surface area contributed by atoms with Crippen molar-refractivity contribution in [3.63, 3.8) is 0 Å². The van der Waals surface area contributed by atoms with Crippen molar-refractivity contribution in [1.29, 1.82) is 0 Å². The normalized spacial score (nSPS) is 20.6. The minimum Gasteiger partial charge on any atom is -0.341 e. The van der Waals surface area contributed by atoms with Crippen LogP contribution in [0.3, 0.4) is 0 Å². The van der Waals surface area contributed by atoms with Gasteiger partial charge in [0.2, 0.25) is 0 Å². The van der Waals surface area contributed by atoms with Crippen LogP contribution in [0, 0.1) is 0 Å². The molecule has 4 N–H and O–H groups in total. The molecule has 7 rings (SSSR count). The maximum Gasteiger partial charge on any atom is 0.177 e. The third-order valence-electron chi connectivity index (χ3n) is 7.22. The number of benzene rings is 2. The molecule has 0 aliphatic carbocycles. The van der Waals surface area contributed by atoms with Gasteiger partial charge in [-0.3, -0.25) is 0 Å². The van der Waals surface area contributed by atoms with Crippen LogP contribution in [0.2, 0.25) is 0 Å². The zero-order valence-electron chi connectivity index (χ0n) is 18.9. The maximum absolute atomic E-state index is 4.70. The lowest BCUT2D eigenvalue weighted by Gasteiger charge is -2.07. The van der Waals surface area contributed by atoms with E-state index in [1.54, 1.807) is 0 Å². The highest BCUT2D eigenvalue weighted by Gasteiger charge is 2.21. The molecule has 7 nitrogen and oxygen atoms in total. The number of pyridine rings is 1. The number of nitrogens with zero attached hydrogens (tertiary/aromatic N) is 3. The van der Waals surface area contributed by atoms with Crippen LogP contribution >= 0.6 is 0 Å². The van der Waals surface area contributed by atoms with Gasteiger partial charge in [-0.2, -0.15) is 0 Å². The summed E-state index contributed by atoms with van der Waals surface area (Å²) in [5, 5.41) is 9.43. The third-order valence-corrected chi connectivity index (χ3v) is 7.22. The molecule has 0 bridgehead atoms. The zero-order chi connectivity index (χ0) is 22.5. The fraction of sp³-hybridized carbons (Fsp3) is 0.296. The Kier molecular flexibility index (Phi) is 4.70. The molecule has 2 atom stereocenters. The quantitative estimate of drug-likeness (QED) is 0.309. The molecule has 7 heteroatoms. The molecule has 5 aromatic rings. The lowest BCUT2D eigenvalue weighted by Crippen LogP contribution is -2.14. The van der Waals surface area contributed by atoms with E-state index in [0.29, 0.717) is 12.1 Å². The summed E-state index contributed by atoms with van der Waals surface area (Å²) in [5.41, 5.74) is 6.24. The van der Waals surface area contributed by atoms with Crippen LogP contribution in [0.1, 0.15) is 49.4 Å². The molecule has 2 aliphatic heterocycles. The standard InChI is InChI=1S/C27H27N7/c1-3-21(28-9-1)25-31-15-24(33-25)19-8-7-16-11-18(6-5-17(16)12-19)20-13-23-26(30-14-20)34-27(32-23)22-4-2-10-29-22/h5-8,11-15,21-22,28-29H,1-4,9-10H2,(H,31,33)(H,30,32,34). The third kappa shape index (κ3) is 3.48. The van der Waals surface area contributed by atoms with Gasteiger partial charge in [-0.1, -0.05) is 24.3 Å². The number of rotatable bonds is 4. The van der Waals surface area contributed by atoms with Crippen LogP contribution in [-0.4, -0.2) is 38.0 Å². The summed E-state index contributed by atoms with van der Waals surface area (Å²) in [6.45, 7) is 2.12. The summed E-state index contributed by atoms with van der Waals surface area (Å²) < 4.78 is 0. The first kappa shape index (κ1) is 19.9. The molecular formula is C27H27N7. The Morgan fingerprint density at radius 1 is 0.676 bits per heavy atom. The van der Waals surface area contributed by atoms with Crippen LogP contribution in [-0.2, 0) is 0 Å². The van der Waals surface area contributed by atoms with Gasteiger partial charge in [0.25, 0.3) is 0 Å². The molecule has 170 valence electrons. The van der Waals surface area contributed by atoms with E-state index >= 15 is 0 Å². The molecule has 2 aromatic carbocycles. The molecular weight excluding hydrogens is 422 g/mol. The Morgan fingerprint density at radius 2 is 1.41 bits per heavy atom. The minimum absolute atomic E-state index is 0.313. The molecule has 34 heavy (non-hydrogen) atoms. The van der Waals surface area contributed by atoms with E-state index in [1.165, 1.54) is 23.6 Å². The summed E-state index contributed by atoms with van der Waals surface area (Å²) in [7, 11) is 0. The summed E-state index contributed by atoms with van der Waals surface area (Å²) in [5.74, 6) is 2.03. The monoisotopic (exact) mass is 449 g/mol. The number of imidazole rings is 2. The Morgan fingerprint density at radius 3 is 2.18 bits per heavy atom. The fourth-order valence-electron chi connectivity index (χ4n) is 5.33. The van der Waals surface area contributed by atoms with Gasteiger partial charge in [-0.15, -0.1) is 0 Å². The van der Waals surface area contributed by atoms with Crippen LogP contribution in [0.4, 0.5) is 0 Å². The first-order chi connectivity index (χ1) is 16.8. The van der Waals surface area contributed by atoms with Gasteiger partial charge in [0, 0.05) is 17.3 Å². The van der Waals surface area contributed by atoms with E-state index in [0.717, 1.165) is 71.1 Å². The van der Waals surface area contributed by atoms with Crippen molar-refractivity contribution < 1.29 is 0 Å². The Hall–Kier alpha value is -3.55. The van der Waals surface area contributed by atoms with Crippen LogP contribution < -0.4 is 10.6 Å². The van der Waals surface area contributed by atoms with E-state index in [-0.39, 0.29) is 0 Å². The molecule has 0 amide bonds. The summed E-state index contributed by atoms with van der Waals surface area (Å²) in [4.78, 5) is 21.0. The molecule has 5 heterocycles. The van der Waals surface area contributed by atoms with E-state index in [2.05, 4.69) is 73.0 Å². The first-order valence-electron chi connectivity index (χ1n) is 12.2. The van der Waals surface area contributed by atoms with Gasteiger partial charge in [-0.05, 0) is 73.3 Å². The van der Waals surface area contributed by atoms with Crippen LogP contribution in [0.25, 0.3) is 44.3 Å². The highest BCUT2D eigenvalue weighted by atomic mass is 15.1. The predicted octanol–water partition coefficient (Wildman–Crippen LogP) is 5.02. The van der Waals surface area contributed by atoms with Crippen molar-refractivity contribution in [3.05, 3.63) is 66.5 Å². The van der Waals surface area contributed by atoms with Gasteiger partial charge >= 0.3 is 0 Å². The Labute approximate surface area is 197 Å². The van der Waals surface area contributed by atoms with Crippen LogP contribution in [0.15, 0.2) is 54.9 Å². The molecule has 3 aromatic heterocycles. The highest BCUT2D eigenvalue weighted by molar-refractivity contribution is 5.91. The van der Waals surface area contributed by atoms with E-state index in [1.807, 2.05) is 12.4 Å². The van der Waals surface area contributed by atoms with Gasteiger partial charge in [-0.25, -0.2) is 15.0 Å². The van der Waals surface area contributed by atoms with Crippen molar-refractivity contribution in [3.8, 4) is 22.4 Å². The Bertz CT molecular complexity index is 1490. The molecule has 2 fully saturated rings. The highest BCUT2D eigenvalue weighted by Crippen LogP contribution is 2.30. The number of aromatic amines is 2. The minimum atomic E-state index is 0.313. The van der Waals surface area contributed by atoms with Crippen molar-refractivity contribution in [2.24, 2.45) is 0 Å². The lowest BCUT2D eigenvalue weighted by molar-refractivity contribution is 0.613. The average molecular weight is 450 g/mol. The number of hydrogen-bond acceptors (Lipinski definition) is 5. The summed E-state index contributed by atoms with van der Waals surface area (Å²) in [6.07, 6.45) is 8.54. The van der Waals surface area contributed by atoms with Gasteiger partial charge in [0.15, 0.2) is 5.65 Å². The summed E-state index contributed by atoms with van der Waals surface area (Å²) in [6, 6.07) is 16.0. The smallest absolute Gasteiger partial charge is 0.177 e. The van der Waals surface area contributed by atoms with Crippen molar-refractivity contribution >= 4 is 21.9 Å². The largest absolute Gasteiger partial charge is 0.341 e. The maximum atomic E-state index is 4.70. The molecule has 2 saturated heterocycles. The number of H-pyrrole nitrogens is 2. The van der Waals surface area contributed by atoms with Crippen molar-refractivity contribution in [1.82, 2.24) is 35.6 Å². The topological polar surface area (TPSA) is 94.3 Å². The van der Waals surface area contributed by atoms with Gasteiger partial charge in [0.1, 0.15) is 11.6 Å². The number of hydrogen-bond donors (Lipinski definition) is 4.